The highest BCUT2D eigenvalue weighted by molar-refractivity contribution is 8.23. The van der Waals surface area contributed by atoms with Crippen LogP contribution < -0.4 is 5.73 Å². The van der Waals surface area contributed by atoms with E-state index in [0.29, 0.717) is 5.69 Å². The van der Waals surface area contributed by atoms with E-state index in [0.717, 1.165) is 15.9 Å². The first-order chi connectivity index (χ1) is 9.08. The van der Waals surface area contributed by atoms with Gasteiger partial charge in [-0.1, -0.05) is 6.08 Å². The fraction of sp³-hybridized carbons (Fsp3) is 0.143. The van der Waals surface area contributed by atoms with Gasteiger partial charge in [-0.3, -0.25) is 9.78 Å². The number of allylic oxidation sites excluding steroid dienone is 3. The Kier molecular flexibility index (Phi) is 2.71. The standard InChI is InChI=1S/C14H15N3OS/c1-8-6-9(2)19(7-8)13-11-10(4-3-5-16-11)17-12(13)14(15)18/h3-7,17,19H,1-2H3,(H2,15,18). The van der Waals surface area contributed by atoms with Crippen LogP contribution in [0.25, 0.3) is 11.0 Å². The van der Waals surface area contributed by atoms with E-state index < -0.39 is 16.8 Å². The van der Waals surface area contributed by atoms with E-state index in [1.54, 1.807) is 6.20 Å². The molecule has 0 fully saturated rings. The van der Waals surface area contributed by atoms with Crippen LogP contribution in [0.2, 0.25) is 0 Å². The van der Waals surface area contributed by atoms with E-state index in [4.69, 9.17) is 5.73 Å². The molecule has 0 aliphatic carbocycles. The number of nitrogens with one attached hydrogen (secondary N) is 1. The monoisotopic (exact) mass is 273 g/mol. The molecule has 1 aliphatic rings. The minimum Gasteiger partial charge on any atom is -0.364 e. The van der Waals surface area contributed by atoms with Crippen molar-refractivity contribution in [1.29, 1.82) is 0 Å². The number of hydrogen-bond acceptors (Lipinski definition) is 2. The molecule has 4 nitrogen and oxygen atoms in total. The van der Waals surface area contributed by atoms with E-state index in [2.05, 4.69) is 35.3 Å². The molecule has 0 bridgehead atoms. The van der Waals surface area contributed by atoms with Crippen molar-refractivity contribution in [2.45, 2.75) is 18.7 Å². The smallest absolute Gasteiger partial charge is 0.266 e. The summed E-state index contributed by atoms with van der Waals surface area (Å²) >= 11 is 0. The molecule has 0 aromatic carbocycles. The summed E-state index contributed by atoms with van der Waals surface area (Å²) in [6, 6.07) is 3.76. The van der Waals surface area contributed by atoms with Crippen molar-refractivity contribution < 1.29 is 4.79 Å². The number of H-pyrrole nitrogens is 1. The minimum atomic E-state index is -0.652. The second kappa shape index (κ2) is 4.28. The van der Waals surface area contributed by atoms with Crippen LogP contribution in [0.4, 0.5) is 0 Å². The lowest BCUT2D eigenvalue weighted by molar-refractivity contribution is 0.0993. The third-order valence-corrected chi connectivity index (χ3v) is 5.64. The van der Waals surface area contributed by atoms with E-state index in [1.807, 2.05) is 12.1 Å². The summed E-state index contributed by atoms with van der Waals surface area (Å²) in [5.74, 6) is -0.429. The quantitative estimate of drug-likeness (QED) is 0.736. The predicted molar refractivity (Wildman–Crippen MR) is 79.4 cm³/mol. The summed E-state index contributed by atoms with van der Waals surface area (Å²) in [7, 11) is -0.652. The molecule has 5 heteroatoms. The first kappa shape index (κ1) is 12.0. The molecule has 0 saturated carbocycles. The van der Waals surface area contributed by atoms with E-state index in [9.17, 15) is 4.79 Å². The number of hydrogen-bond donors (Lipinski definition) is 3. The summed E-state index contributed by atoms with van der Waals surface area (Å²) in [5, 5.41) is 2.20. The first-order valence-corrected chi connectivity index (χ1v) is 7.41. The van der Waals surface area contributed by atoms with Crippen molar-refractivity contribution in [2.75, 3.05) is 0 Å². The molecule has 3 N–H and O–H groups in total. The number of aromatic nitrogens is 2. The molecule has 3 rings (SSSR count). The largest absolute Gasteiger partial charge is 0.364 e. The summed E-state index contributed by atoms with van der Waals surface area (Å²) in [5.41, 5.74) is 8.92. The zero-order chi connectivity index (χ0) is 13.6. The molecule has 98 valence electrons. The SMILES string of the molecule is CC1=C[SH](c2c(C(N)=O)[nH]c3cccnc23)C(C)=C1. The number of pyridine rings is 1. The van der Waals surface area contributed by atoms with Gasteiger partial charge in [0.15, 0.2) is 0 Å². The topological polar surface area (TPSA) is 71.8 Å². The highest BCUT2D eigenvalue weighted by atomic mass is 32.2. The molecule has 2 aromatic rings. The lowest BCUT2D eigenvalue weighted by atomic mass is 10.3. The average molecular weight is 273 g/mol. The normalized spacial score (nSPS) is 20.4. The van der Waals surface area contributed by atoms with Gasteiger partial charge in [-0.2, -0.15) is 10.9 Å². The second-order valence-corrected chi connectivity index (χ2v) is 6.79. The summed E-state index contributed by atoms with van der Waals surface area (Å²) in [4.78, 5) is 21.4. The molecular weight excluding hydrogens is 258 g/mol. The fourth-order valence-electron chi connectivity index (χ4n) is 2.40. The van der Waals surface area contributed by atoms with Gasteiger partial charge >= 0.3 is 0 Å². The maximum atomic E-state index is 11.7. The third kappa shape index (κ3) is 1.86. The molecule has 3 heterocycles. The number of thiol groups is 1. The van der Waals surface area contributed by atoms with Gasteiger partial charge in [0.25, 0.3) is 5.91 Å². The Labute approximate surface area is 113 Å². The molecule has 1 aliphatic heterocycles. The minimum absolute atomic E-state index is 0.429. The average Bonchev–Trinajstić information content (AvgIpc) is 2.89. The molecule has 1 amide bonds. The van der Waals surface area contributed by atoms with Crippen molar-refractivity contribution in [3.8, 4) is 0 Å². The third-order valence-electron chi connectivity index (χ3n) is 3.17. The number of amides is 1. The number of nitrogens with two attached hydrogens (primary N) is 1. The number of rotatable bonds is 2. The van der Waals surface area contributed by atoms with Gasteiger partial charge in [0, 0.05) is 6.20 Å². The van der Waals surface area contributed by atoms with Gasteiger partial charge in [0.1, 0.15) is 11.2 Å². The van der Waals surface area contributed by atoms with E-state index in [-0.39, 0.29) is 0 Å². The second-order valence-electron chi connectivity index (χ2n) is 4.64. The Hall–Kier alpha value is -2.01. The summed E-state index contributed by atoms with van der Waals surface area (Å²) in [6.07, 6.45) is 3.89. The molecule has 1 unspecified atom stereocenters. The molecule has 0 radical (unpaired) electrons. The number of aromatic amines is 1. The Morgan fingerprint density at radius 1 is 1.42 bits per heavy atom. The fourth-order valence-corrected chi connectivity index (χ4v) is 4.73. The van der Waals surface area contributed by atoms with Crippen molar-refractivity contribution in [2.24, 2.45) is 5.73 Å². The molecule has 19 heavy (non-hydrogen) atoms. The van der Waals surface area contributed by atoms with E-state index >= 15 is 0 Å². The van der Waals surface area contributed by atoms with Gasteiger partial charge in [-0.25, -0.2) is 0 Å². The van der Waals surface area contributed by atoms with Gasteiger partial charge < -0.3 is 10.7 Å². The Morgan fingerprint density at radius 3 is 2.84 bits per heavy atom. The summed E-state index contributed by atoms with van der Waals surface area (Å²) in [6.45, 7) is 4.16. The molecule has 2 aromatic heterocycles. The number of carbonyl (C=O) groups is 1. The number of carbonyl (C=O) groups excluding carboxylic acids is 1. The van der Waals surface area contributed by atoms with Gasteiger partial charge in [0.2, 0.25) is 0 Å². The van der Waals surface area contributed by atoms with Gasteiger partial charge in [-0.05, 0) is 41.9 Å². The van der Waals surface area contributed by atoms with Crippen LogP contribution in [-0.4, -0.2) is 15.9 Å². The van der Waals surface area contributed by atoms with Crippen LogP contribution in [0, 0.1) is 0 Å². The van der Waals surface area contributed by atoms with Crippen LogP contribution in [0.5, 0.6) is 0 Å². The molecule has 1 atom stereocenters. The van der Waals surface area contributed by atoms with Crippen LogP contribution in [0.3, 0.4) is 0 Å². The van der Waals surface area contributed by atoms with Crippen molar-refractivity contribution in [1.82, 2.24) is 9.97 Å². The van der Waals surface area contributed by atoms with Gasteiger partial charge in [0.05, 0.1) is 10.4 Å². The summed E-state index contributed by atoms with van der Waals surface area (Å²) < 4.78 is 0. The van der Waals surface area contributed by atoms with Crippen LogP contribution in [0.1, 0.15) is 24.3 Å². The zero-order valence-electron chi connectivity index (χ0n) is 10.8. The maximum Gasteiger partial charge on any atom is 0.266 e. The van der Waals surface area contributed by atoms with Crippen LogP contribution in [0.15, 0.2) is 45.2 Å². The molecular formula is C14H15N3OS. The lowest BCUT2D eigenvalue weighted by Crippen LogP contribution is -2.12. The van der Waals surface area contributed by atoms with Gasteiger partial charge in [-0.15, -0.1) is 0 Å². The molecule has 0 spiro atoms. The Balaban J connectivity index is 2.30. The van der Waals surface area contributed by atoms with Crippen molar-refractivity contribution >= 4 is 27.8 Å². The maximum absolute atomic E-state index is 11.7. The lowest BCUT2D eigenvalue weighted by Gasteiger charge is -2.15. The first-order valence-electron chi connectivity index (χ1n) is 6.00. The van der Waals surface area contributed by atoms with E-state index in [1.165, 1.54) is 10.5 Å². The number of nitrogens with zero attached hydrogens (tertiary/aromatic N) is 1. The predicted octanol–water partition coefficient (Wildman–Crippen LogP) is 2.84. The molecule has 0 saturated heterocycles. The highest BCUT2D eigenvalue weighted by Gasteiger charge is 2.23. The zero-order valence-corrected chi connectivity index (χ0v) is 11.7. The Bertz CT molecular complexity index is 742. The Morgan fingerprint density at radius 2 is 2.21 bits per heavy atom. The van der Waals surface area contributed by atoms with Crippen LogP contribution in [-0.2, 0) is 0 Å². The number of fused-ring (bicyclic) bond motifs is 1. The highest BCUT2D eigenvalue weighted by Crippen LogP contribution is 2.53. The van der Waals surface area contributed by atoms with Crippen molar-refractivity contribution in [3.05, 3.63) is 46.0 Å². The number of primary amides is 1. The van der Waals surface area contributed by atoms with Crippen LogP contribution >= 0.6 is 10.9 Å². The van der Waals surface area contributed by atoms with Crippen molar-refractivity contribution in [3.63, 3.8) is 0 Å².